The van der Waals surface area contributed by atoms with E-state index in [2.05, 4.69) is 5.16 Å². The van der Waals surface area contributed by atoms with E-state index < -0.39 is 5.97 Å². The Balaban J connectivity index is 1.77. The van der Waals surface area contributed by atoms with Gasteiger partial charge in [-0.05, 0) is 17.0 Å². The SMILES string of the molecule is O=C(O/N=C1/Cc2ccccc2C1=O)c1cccs1. The van der Waals surface area contributed by atoms with Gasteiger partial charge >= 0.3 is 5.97 Å². The molecule has 4 nitrogen and oxygen atoms in total. The molecule has 0 radical (unpaired) electrons. The molecular weight excluding hydrogens is 262 g/mol. The highest BCUT2D eigenvalue weighted by atomic mass is 32.1. The van der Waals surface area contributed by atoms with Crippen LogP contribution >= 0.6 is 11.3 Å². The van der Waals surface area contributed by atoms with Crippen LogP contribution in [-0.2, 0) is 11.3 Å². The first-order chi connectivity index (χ1) is 9.25. The molecule has 1 aliphatic carbocycles. The normalized spacial score (nSPS) is 15.6. The Kier molecular flexibility index (Phi) is 2.97. The minimum Gasteiger partial charge on any atom is -0.311 e. The van der Waals surface area contributed by atoms with Crippen molar-refractivity contribution >= 4 is 28.8 Å². The second-order valence-electron chi connectivity index (χ2n) is 4.06. The van der Waals surface area contributed by atoms with Gasteiger partial charge in [0.05, 0.1) is 0 Å². The lowest BCUT2D eigenvalue weighted by Gasteiger charge is -1.95. The molecule has 19 heavy (non-hydrogen) atoms. The molecule has 0 fully saturated rings. The van der Waals surface area contributed by atoms with Crippen molar-refractivity contribution in [2.45, 2.75) is 6.42 Å². The fraction of sp³-hybridized carbons (Fsp3) is 0.0714. The maximum Gasteiger partial charge on any atom is 0.375 e. The molecule has 1 heterocycles. The van der Waals surface area contributed by atoms with E-state index in [0.717, 1.165) is 5.56 Å². The maximum absolute atomic E-state index is 12.0. The van der Waals surface area contributed by atoms with E-state index in [4.69, 9.17) is 4.84 Å². The van der Waals surface area contributed by atoms with E-state index in [-0.39, 0.29) is 11.5 Å². The number of carbonyl (C=O) groups excluding carboxylic acids is 2. The first-order valence-electron chi connectivity index (χ1n) is 5.70. The molecule has 0 unspecified atom stereocenters. The Labute approximate surface area is 113 Å². The van der Waals surface area contributed by atoms with Gasteiger partial charge in [0.2, 0.25) is 5.78 Å². The molecule has 0 N–H and O–H groups in total. The van der Waals surface area contributed by atoms with Crippen LogP contribution in [0.15, 0.2) is 46.9 Å². The summed E-state index contributed by atoms with van der Waals surface area (Å²) in [6, 6.07) is 10.7. The van der Waals surface area contributed by atoms with Crippen molar-refractivity contribution in [1.29, 1.82) is 0 Å². The number of carbonyl (C=O) groups is 2. The van der Waals surface area contributed by atoms with Crippen molar-refractivity contribution in [2.75, 3.05) is 0 Å². The molecule has 0 bridgehead atoms. The average Bonchev–Trinajstić information content (AvgIpc) is 3.05. The smallest absolute Gasteiger partial charge is 0.311 e. The molecule has 0 spiro atoms. The van der Waals surface area contributed by atoms with Crippen molar-refractivity contribution in [2.24, 2.45) is 5.16 Å². The molecule has 5 heteroatoms. The molecule has 0 aliphatic heterocycles. The highest BCUT2D eigenvalue weighted by Gasteiger charge is 2.26. The predicted molar refractivity (Wildman–Crippen MR) is 71.6 cm³/mol. The first-order valence-corrected chi connectivity index (χ1v) is 6.58. The highest BCUT2D eigenvalue weighted by molar-refractivity contribution is 7.11. The number of benzene rings is 1. The zero-order valence-corrected chi connectivity index (χ0v) is 10.6. The number of oxime groups is 1. The number of thiophene rings is 1. The fourth-order valence-electron chi connectivity index (χ4n) is 1.92. The van der Waals surface area contributed by atoms with Crippen molar-refractivity contribution in [3.8, 4) is 0 Å². The number of hydrogen-bond donors (Lipinski definition) is 0. The zero-order valence-electron chi connectivity index (χ0n) is 9.83. The molecule has 3 rings (SSSR count). The number of fused-ring (bicyclic) bond motifs is 1. The summed E-state index contributed by atoms with van der Waals surface area (Å²) in [6.07, 6.45) is 0.409. The Hall–Kier alpha value is -2.27. The van der Waals surface area contributed by atoms with Crippen LogP contribution in [0, 0.1) is 0 Å². The van der Waals surface area contributed by atoms with Gasteiger partial charge in [-0.25, -0.2) is 4.79 Å². The van der Waals surface area contributed by atoms with Crippen LogP contribution in [0.3, 0.4) is 0 Å². The Morgan fingerprint density at radius 3 is 2.79 bits per heavy atom. The summed E-state index contributed by atoms with van der Waals surface area (Å²) in [7, 11) is 0. The molecule has 0 atom stereocenters. The van der Waals surface area contributed by atoms with E-state index in [0.29, 0.717) is 16.9 Å². The summed E-state index contributed by atoms with van der Waals surface area (Å²) in [5, 5.41) is 5.48. The average molecular weight is 271 g/mol. The summed E-state index contributed by atoms with van der Waals surface area (Å²) in [5.74, 6) is -0.708. The van der Waals surface area contributed by atoms with Crippen LogP contribution in [0.2, 0.25) is 0 Å². The van der Waals surface area contributed by atoms with E-state index in [9.17, 15) is 9.59 Å². The Bertz CT molecular complexity index is 674. The van der Waals surface area contributed by atoms with Crippen LogP contribution in [-0.4, -0.2) is 17.5 Å². The van der Waals surface area contributed by atoms with Crippen molar-refractivity contribution in [3.63, 3.8) is 0 Å². The van der Waals surface area contributed by atoms with Crippen LogP contribution in [0.5, 0.6) is 0 Å². The number of Topliss-reactive ketones (excluding diaryl/α,β-unsaturated/α-hetero) is 1. The quantitative estimate of drug-likeness (QED) is 0.623. The molecule has 2 aromatic rings. The molecule has 1 aromatic heterocycles. The predicted octanol–water partition coefficient (Wildman–Crippen LogP) is 2.70. The number of nitrogens with zero attached hydrogens (tertiary/aromatic N) is 1. The third-order valence-electron chi connectivity index (χ3n) is 2.84. The van der Waals surface area contributed by atoms with E-state index in [1.54, 1.807) is 29.6 Å². The lowest BCUT2D eigenvalue weighted by Crippen LogP contribution is -2.10. The molecule has 0 saturated carbocycles. The molecular formula is C14H9NO3S. The molecule has 94 valence electrons. The topological polar surface area (TPSA) is 55.7 Å². The van der Waals surface area contributed by atoms with Gasteiger partial charge < -0.3 is 4.84 Å². The van der Waals surface area contributed by atoms with Crippen LogP contribution in [0.25, 0.3) is 0 Å². The number of rotatable bonds is 2. The van der Waals surface area contributed by atoms with E-state index >= 15 is 0 Å². The second kappa shape index (κ2) is 4.78. The van der Waals surface area contributed by atoms with Gasteiger partial charge in [0.1, 0.15) is 10.6 Å². The fourth-order valence-corrected chi connectivity index (χ4v) is 2.52. The first kappa shape index (κ1) is 11.8. The van der Waals surface area contributed by atoms with E-state index in [1.165, 1.54) is 11.3 Å². The summed E-state index contributed by atoms with van der Waals surface area (Å²) >= 11 is 1.27. The molecule has 1 aromatic carbocycles. The monoisotopic (exact) mass is 271 g/mol. The van der Waals surface area contributed by atoms with Crippen LogP contribution in [0.1, 0.15) is 25.6 Å². The molecule has 0 saturated heterocycles. The highest BCUT2D eigenvalue weighted by Crippen LogP contribution is 2.20. The van der Waals surface area contributed by atoms with Gasteiger partial charge in [-0.2, -0.15) is 0 Å². The van der Waals surface area contributed by atoms with Gasteiger partial charge in [0.25, 0.3) is 0 Å². The van der Waals surface area contributed by atoms with Crippen molar-refractivity contribution < 1.29 is 14.4 Å². The third kappa shape index (κ3) is 2.20. The largest absolute Gasteiger partial charge is 0.375 e. The van der Waals surface area contributed by atoms with Gasteiger partial charge in [-0.3, -0.25) is 4.79 Å². The summed E-state index contributed by atoms with van der Waals surface area (Å²) < 4.78 is 0. The lowest BCUT2D eigenvalue weighted by molar-refractivity contribution is 0.0521. The summed E-state index contributed by atoms with van der Waals surface area (Å²) in [5.41, 5.74) is 1.82. The standard InChI is InChI=1S/C14H9NO3S/c16-13-10-5-2-1-4-9(10)8-11(13)15-18-14(17)12-6-3-7-19-12/h1-7H,8H2/b15-11-. The minimum atomic E-state index is -0.536. The second-order valence-corrected chi connectivity index (χ2v) is 5.00. The Morgan fingerprint density at radius 1 is 1.21 bits per heavy atom. The van der Waals surface area contributed by atoms with E-state index in [1.807, 2.05) is 12.1 Å². The van der Waals surface area contributed by atoms with Crippen molar-refractivity contribution in [1.82, 2.24) is 0 Å². The zero-order chi connectivity index (χ0) is 13.2. The number of hydrogen-bond acceptors (Lipinski definition) is 5. The molecule has 0 amide bonds. The van der Waals surface area contributed by atoms with Crippen molar-refractivity contribution in [3.05, 3.63) is 57.8 Å². The van der Waals surface area contributed by atoms with Gasteiger partial charge in [0.15, 0.2) is 0 Å². The minimum absolute atomic E-state index is 0.172. The van der Waals surface area contributed by atoms with Crippen LogP contribution in [0.4, 0.5) is 0 Å². The Morgan fingerprint density at radius 2 is 2.05 bits per heavy atom. The van der Waals surface area contributed by atoms with Crippen LogP contribution < -0.4 is 0 Å². The summed E-state index contributed by atoms with van der Waals surface area (Å²) in [6.45, 7) is 0. The lowest BCUT2D eigenvalue weighted by atomic mass is 10.1. The molecule has 1 aliphatic rings. The number of ketones is 1. The third-order valence-corrected chi connectivity index (χ3v) is 3.69. The summed E-state index contributed by atoms with van der Waals surface area (Å²) in [4.78, 5) is 28.9. The maximum atomic E-state index is 12.0. The van der Waals surface area contributed by atoms with Gasteiger partial charge in [-0.1, -0.05) is 35.5 Å². The van der Waals surface area contributed by atoms with Gasteiger partial charge in [-0.15, -0.1) is 11.3 Å². The van der Waals surface area contributed by atoms with Gasteiger partial charge in [0, 0.05) is 12.0 Å².